The van der Waals surface area contributed by atoms with Crippen molar-refractivity contribution in [2.24, 2.45) is 5.73 Å². The third-order valence-corrected chi connectivity index (χ3v) is 3.16. The van der Waals surface area contributed by atoms with Crippen molar-refractivity contribution < 1.29 is 4.74 Å². The molecule has 0 radical (unpaired) electrons. The number of rotatable bonds is 5. The minimum atomic E-state index is 0.0254. The zero-order chi connectivity index (χ0) is 13.7. The molecule has 0 amide bonds. The van der Waals surface area contributed by atoms with Gasteiger partial charge >= 0.3 is 0 Å². The fraction of sp³-hybridized carbons (Fsp3) is 0.294. The van der Waals surface area contributed by atoms with Crippen LogP contribution < -0.4 is 10.5 Å². The number of ether oxygens (including phenoxy) is 1. The summed E-state index contributed by atoms with van der Waals surface area (Å²) in [5.41, 5.74) is 9.96. The van der Waals surface area contributed by atoms with E-state index in [2.05, 4.69) is 31.2 Å². The fourth-order valence-corrected chi connectivity index (χ4v) is 2.19. The van der Waals surface area contributed by atoms with Crippen LogP contribution in [-0.4, -0.2) is 6.61 Å². The highest BCUT2D eigenvalue weighted by Gasteiger charge is 2.07. The Morgan fingerprint density at radius 2 is 1.84 bits per heavy atom. The predicted molar refractivity (Wildman–Crippen MR) is 79.4 cm³/mol. The van der Waals surface area contributed by atoms with Crippen LogP contribution in [0.3, 0.4) is 0 Å². The summed E-state index contributed by atoms with van der Waals surface area (Å²) in [4.78, 5) is 0. The Morgan fingerprint density at radius 1 is 1.11 bits per heavy atom. The van der Waals surface area contributed by atoms with Crippen molar-refractivity contribution in [3.05, 3.63) is 65.2 Å². The van der Waals surface area contributed by atoms with E-state index < -0.39 is 0 Å². The predicted octanol–water partition coefficient (Wildman–Crippen LogP) is 3.64. The Bertz CT molecular complexity index is 519. The summed E-state index contributed by atoms with van der Waals surface area (Å²) >= 11 is 0. The molecule has 2 nitrogen and oxygen atoms in total. The van der Waals surface area contributed by atoms with Gasteiger partial charge in [-0.2, -0.15) is 0 Å². The molecule has 0 aliphatic heterocycles. The minimum absolute atomic E-state index is 0.0254. The lowest BCUT2D eigenvalue weighted by Crippen LogP contribution is -2.13. The van der Waals surface area contributed by atoms with Gasteiger partial charge in [0.05, 0.1) is 6.61 Å². The molecule has 2 aromatic rings. The molecule has 0 bridgehead atoms. The normalized spacial score (nSPS) is 12.2. The number of hydrogen-bond acceptors (Lipinski definition) is 2. The van der Waals surface area contributed by atoms with Crippen LogP contribution >= 0.6 is 0 Å². The van der Waals surface area contributed by atoms with E-state index in [-0.39, 0.29) is 6.04 Å². The number of aryl methyl sites for hydroxylation is 1. The highest BCUT2D eigenvalue weighted by molar-refractivity contribution is 5.31. The minimum Gasteiger partial charge on any atom is -0.494 e. The van der Waals surface area contributed by atoms with Gasteiger partial charge in [-0.25, -0.2) is 0 Å². The van der Waals surface area contributed by atoms with Crippen LogP contribution in [0.15, 0.2) is 48.5 Å². The van der Waals surface area contributed by atoms with E-state index in [9.17, 15) is 0 Å². The number of nitrogens with two attached hydrogens (primary N) is 1. The molecule has 2 heteroatoms. The third kappa shape index (κ3) is 3.83. The second-order valence-corrected chi connectivity index (χ2v) is 4.80. The van der Waals surface area contributed by atoms with Crippen molar-refractivity contribution >= 4 is 0 Å². The van der Waals surface area contributed by atoms with E-state index >= 15 is 0 Å². The molecule has 0 saturated heterocycles. The van der Waals surface area contributed by atoms with E-state index in [1.807, 2.05) is 31.2 Å². The van der Waals surface area contributed by atoms with Crippen LogP contribution in [0, 0.1) is 6.92 Å². The monoisotopic (exact) mass is 255 g/mol. The molecule has 100 valence electrons. The van der Waals surface area contributed by atoms with Gasteiger partial charge in [-0.3, -0.25) is 0 Å². The van der Waals surface area contributed by atoms with Crippen molar-refractivity contribution in [1.29, 1.82) is 0 Å². The summed E-state index contributed by atoms with van der Waals surface area (Å²) in [7, 11) is 0. The molecule has 0 heterocycles. The maximum atomic E-state index is 6.26. The molecule has 0 saturated carbocycles. The highest BCUT2D eigenvalue weighted by Crippen LogP contribution is 2.20. The Labute approximate surface area is 115 Å². The van der Waals surface area contributed by atoms with Crippen molar-refractivity contribution in [3.8, 4) is 5.75 Å². The molecule has 0 fully saturated rings. The van der Waals surface area contributed by atoms with E-state index in [0.717, 1.165) is 17.7 Å². The maximum absolute atomic E-state index is 6.26. The van der Waals surface area contributed by atoms with Gasteiger partial charge in [0.25, 0.3) is 0 Å². The summed E-state index contributed by atoms with van der Waals surface area (Å²) in [5, 5.41) is 0. The topological polar surface area (TPSA) is 35.2 Å². The van der Waals surface area contributed by atoms with E-state index in [4.69, 9.17) is 10.5 Å². The van der Waals surface area contributed by atoms with Gasteiger partial charge in [-0.1, -0.05) is 42.0 Å². The molecule has 0 aliphatic rings. The second-order valence-electron chi connectivity index (χ2n) is 4.80. The van der Waals surface area contributed by atoms with Gasteiger partial charge in [0.15, 0.2) is 0 Å². The molecule has 1 atom stereocenters. The smallest absolute Gasteiger partial charge is 0.119 e. The lowest BCUT2D eigenvalue weighted by atomic mass is 9.99. The van der Waals surface area contributed by atoms with Crippen LogP contribution in [0.2, 0.25) is 0 Å². The Balaban J connectivity index is 2.05. The van der Waals surface area contributed by atoms with Gasteiger partial charge in [0, 0.05) is 6.04 Å². The molecule has 0 aromatic heterocycles. The van der Waals surface area contributed by atoms with Crippen LogP contribution in [0.5, 0.6) is 5.75 Å². The molecular weight excluding hydrogens is 234 g/mol. The quantitative estimate of drug-likeness (QED) is 0.885. The molecular formula is C17H21NO. The van der Waals surface area contributed by atoms with Crippen LogP contribution in [0.1, 0.15) is 29.7 Å². The lowest BCUT2D eigenvalue weighted by Gasteiger charge is -2.13. The van der Waals surface area contributed by atoms with Crippen LogP contribution in [-0.2, 0) is 6.42 Å². The molecule has 1 unspecified atom stereocenters. The van der Waals surface area contributed by atoms with Gasteiger partial charge in [-0.15, -0.1) is 0 Å². The first-order valence-electron chi connectivity index (χ1n) is 6.73. The zero-order valence-corrected chi connectivity index (χ0v) is 11.6. The number of benzene rings is 2. The molecule has 2 rings (SSSR count). The Kier molecular flexibility index (Phi) is 4.58. The molecule has 19 heavy (non-hydrogen) atoms. The first kappa shape index (κ1) is 13.6. The van der Waals surface area contributed by atoms with Gasteiger partial charge in [-0.05, 0) is 43.5 Å². The van der Waals surface area contributed by atoms with E-state index in [0.29, 0.717) is 6.61 Å². The lowest BCUT2D eigenvalue weighted by molar-refractivity contribution is 0.340. The molecule has 0 spiro atoms. The van der Waals surface area contributed by atoms with Gasteiger partial charge in [0.1, 0.15) is 5.75 Å². The van der Waals surface area contributed by atoms with Crippen LogP contribution in [0.25, 0.3) is 0 Å². The van der Waals surface area contributed by atoms with Crippen molar-refractivity contribution in [2.45, 2.75) is 26.3 Å². The summed E-state index contributed by atoms with van der Waals surface area (Å²) in [6, 6.07) is 16.6. The molecule has 2 aromatic carbocycles. The first-order valence-corrected chi connectivity index (χ1v) is 6.73. The van der Waals surface area contributed by atoms with Gasteiger partial charge < -0.3 is 10.5 Å². The maximum Gasteiger partial charge on any atom is 0.119 e. The SMILES string of the molecule is CCOc1ccc(C(N)Cc2cccc(C)c2)cc1. The third-order valence-electron chi connectivity index (χ3n) is 3.16. The summed E-state index contributed by atoms with van der Waals surface area (Å²) < 4.78 is 5.43. The molecule has 0 aliphatic carbocycles. The Morgan fingerprint density at radius 3 is 2.47 bits per heavy atom. The molecule has 2 N–H and O–H groups in total. The average molecular weight is 255 g/mol. The van der Waals surface area contributed by atoms with Crippen molar-refractivity contribution in [3.63, 3.8) is 0 Å². The highest BCUT2D eigenvalue weighted by atomic mass is 16.5. The Hall–Kier alpha value is -1.80. The second kappa shape index (κ2) is 6.39. The van der Waals surface area contributed by atoms with Crippen LogP contribution in [0.4, 0.5) is 0 Å². The van der Waals surface area contributed by atoms with Crippen molar-refractivity contribution in [1.82, 2.24) is 0 Å². The summed E-state index contributed by atoms with van der Waals surface area (Å²) in [6.45, 7) is 4.78. The van der Waals surface area contributed by atoms with Crippen molar-refractivity contribution in [2.75, 3.05) is 6.61 Å². The largest absolute Gasteiger partial charge is 0.494 e. The summed E-state index contributed by atoms with van der Waals surface area (Å²) in [6.07, 6.45) is 0.857. The summed E-state index contributed by atoms with van der Waals surface area (Å²) in [5.74, 6) is 0.897. The van der Waals surface area contributed by atoms with Gasteiger partial charge in [0.2, 0.25) is 0 Å². The standard InChI is InChI=1S/C17H21NO/c1-3-19-16-9-7-15(8-10-16)17(18)12-14-6-4-5-13(2)11-14/h4-11,17H,3,12,18H2,1-2H3. The van der Waals surface area contributed by atoms with E-state index in [1.165, 1.54) is 11.1 Å². The average Bonchev–Trinajstić information content (AvgIpc) is 2.40. The zero-order valence-electron chi connectivity index (χ0n) is 11.6. The van der Waals surface area contributed by atoms with E-state index in [1.54, 1.807) is 0 Å². The number of hydrogen-bond donors (Lipinski definition) is 1. The first-order chi connectivity index (χ1) is 9.19. The fourth-order valence-electron chi connectivity index (χ4n) is 2.19.